The maximum atomic E-state index is 13.4. The highest BCUT2D eigenvalue weighted by Gasteiger charge is 2.24. The molecule has 9 heteroatoms. The van der Waals surface area contributed by atoms with Crippen LogP contribution in [0, 0.1) is 11.6 Å². The maximum Gasteiger partial charge on any atom is 0.238 e. The molecule has 0 radical (unpaired) electrons. The van der Waals surface area contributed by atoms with Gasteiger partial charge in [0.2, 0.25) is 15.9 Å². The summed E-state index contributed by atoms with van der Waals surface area (Å²) in [7, 11) is -3.22. The van der Waals surface area contributed by atoms with E-state index in [0.29, 0.717) is 26.2 Å². The number of hydrogen-bond donors (Lipinski definition) is 1. The average Bonchev–Trinajstić information content (AvgIpc) is 2.42. The first-order valence-electron chi connectivity index (χ1n) is 6.68. The molecule has 122 valence electrons. The quantitative estimate of drug-likeness (QED) is 0.870. The Morgan fingerprint density at radius 3 is 2.45 bits per heavy atom. The number of amides is 1. The lowest BCUT2D eigenvalue weighted by Crippen LogP contribution is -2.50. The number of hydrogen-bond acceptors (Lipinski definition) is 4. The molecule has 1 amide bonds. The summed E-state index contributed by atoms with van der Waals surface area (Å²) in [5.41, 5.74) is -0.209. The van der Waals surface area contributed by atoms with E-state index in [4.69, 9.17) is 0 Å². The van der Waals surface area contributed by atoms with Gasteiger partial charge < -0.3 is 5.32 Å². The Morgan fingerprint density at radius 1 is 1.23 bits per heavy atom. The number of piperazine rings is 1. The summed E-state index contributed by atoms with van der Waals surface area (Å²) in [5.74, 6) is -1.83. The van der Waals surface area contributed by atoms with Crippen molar-refractivity contribution in [2.75, 3.05) is 44.3 Å². The van der Waals surface area contributed by atoms with Crippen LogP contribution in [0.15, 0.2) is 18.2 Å². The lowest BCUT2D eigenvalue weighted by atomic mass is 10.3. The molecule has 1 N–H and O–H groups in total. The minimum Gasteiger partial charge on any atom is -0.322 e. The van der Waals surface area contributed by atoms with Crippen molar-refractivity contribution in [1.29, 1.82) is 0 Å². The van der Waals surface area contributed by atoms with Crippen LogP contribution in [0.2, 0.25) is 0 Å². The predicted molar refractivity (Wildman–Crippen MR) is 77.8 cm³/mol. The molecule has 1 aliphatic rings. The van der Waals surface area contributed by atoms with Crippen molar-refractivity contribution in [2.24, 2.45) is 0 Å². The molecule has 0 aromatic heterocycles. The van der Waals surface area contributed by atoms with Crippen LogP contribution in [0.4, 0.5) is 14.5 Å². The Morgan fingerprint density at radius 2 is 1.86 bits per heavy atom. The van der Waals surface area contributed by atoms with Gasteiger partial charge in [-0.25, -0.2) is 17.2 Å². The first kappa shape index (κ1) is 16.8. The second kappa shape index (κ2) is 6.67. The van der Waals surface area contributed by atoms with Gasteiger partial charge in [-0.3, -0.25) is 9.69 Å². The molecule has 2 rings (SSSR count). The van der Waals surface area contributed by atoms with Crippen LogP contribution in [0.3, 0.4) is 0 Å². The number of carbonyl (C=O) groups is 1. The van der Waals surface area contributed by atoms with E-state index in [1.165, 1.54) is 4.31 Å². The Hall–Kier alpha value is -1.58. The molecule has 0 bridgehead atoms. The highest BCUT2D eigenvalue weighted by molar-refractivity contribution is 7.88. The minimum atomic E-state index is -3.22. The van der Waals surface area contributed by atoms with E-state index in [0.717, 1.165) is 24.5 Å². The highest BCUT2D eigenvalue weighted by atomic mass is 32.2. The standard InChI is InChI=1S/C13H17F2N3O3S/c1-22(20,21)18-6-4-17(5-7-18)9-13(19)16-12-8-10(14)2-3-11(12)15/h2-3,8H,4-7,9H2,1H3,(H,16,19). The van der Waals surface area contributed by atoms with E-state index >= 15 is 0 Å². The topological polar surface area (TPSA) is 69.7 Å². The zero-order valence-electron chi connectivity index (χ0n) is 12.1. The maximum absolute atomic E-state index is 13.4. The molecular weight excluding hydrogens is 316 g/mol. The van der Waals surface area contributed by atoms with Gasteiger partial charge in [-0.2, -0.15) is 4.31 Å². The van der Waals surface area contributed by atoms with Crippen molar-refractivity contribution in [2.45, 2.75) is 0 Å². The molecule has 1 fully saturated rings. The van der Waals surface area contributed by atoms with Crippen molar-refractivity contribution in [3.63, 3.8) is 0 Å². The lowest BCUT2D eigenvalue weighted by molar-refractivity contribution is -0.117. The number of nitrogens with zero attached hydrogens (tertiary/aromatic N) is 2. The third kappa shape index (κ3) is 4.46. The molecule has 0 atom stereocenters. The number of carbonyl (C=O) groups excluding carboxylic acids is 1. The second-order valence-corrected chi connectivity index (χ2v) is 7.09. The van der Waals surface area contributed by atoms with Gasteiger partial charge in [0.05, 0.1) is 18.5 Å². The summed E-state index contributed by atoms with van der Waals surface area (Å²) in [6, 6.07) is 2.82. The van der Waals surface area contributed by atoms with Gasteiger partial charge in [0.1, 0.15) is 11.6 Å². The van der Waals surface area contributed by atoms with Crippen LogP contribution in [0.25, 0.3) is 0 Å². The van der Waals surface area contributed by atoms with E-state index in [1.54, 1.807) is 4.90 Å². The number of halogens is 2. The Balaban J connectivity index is 1.87. The summed E-state index contributed by atoms with van der Waals surface area (Å²) < 4.78 is 50.5. The van der Waals surface area contributed by atoms with Crippen LogP contribution in [0.5, 0.6) is 0 Å². The van der Waals surface area contributed by atoms with Crippen molar-refractivity contribution >= 4 is 21.6 Å². The smallest absolute Gasteiger partial charge is 0.238 e. The van der Waals surface area contributed by atoms with Crippen LogP contribution in [-0.2, 0) is 14.8 Å². The number of sulfonamides is 1. The van der Waals surface area contributed by atoms with E-state index in [-0.39, 0.29) is 12.2 Å². The fourth-order valence-electron chi connectivity index (χ4n) is 2.21. The molecule has 0 spiro atoms. The lowest BCUT2D eigenvalue weighted by Gasteiger charge is -2.32. The van der Waals surface area contributed by atoms with Crippen LogP contribution >= 0.6 is 0 Å². The molecule has 1 heterocycles. The van der Waals surface area contributed by atoms with Crippen LogP contribution in [-0.4, -0.2) is 62.5 Å². The van der Waals surface area contributed by atoms with Gasteiger partial charge in [-0.1, -0.05) is 0 Å². The monoisotopic (exact) mass is 333 g/mol. The highest BCUT2D eigenvalue weighted by Crippen LogP contribution is 2.15. The largest absolute Gasteiger partial charge is 0.322 e. The third-order valence-corrected chi connectivity index (χ3v) is 4.67. The Labute approximate surface area is 127 Å². The minimum absolute atomic E-state index is 0.00639. The molecule has 1 aromatic carbocycles. The molecule has 6 nitrogen and oxygen atoms in total. The van der Waals surface area contributed by atoms with Gasteiger partial charge in [0.25, 0.3) is 0 Å². The van der Waals surface area contributed by atoms with E-state index < -0.39 is 27.6 Å². The first-order valence-corrected chi connectivity index (χ1v) is 8.53. The number of nitrogens with one attached hydrogen (secondary N) is 1. The van der Waals surface area contributed by atoms with E-state index in [9.17, 15) is 22.0 Å². The van der Waals surface area contributed by atoms with Gasteiger partial charge in [0.15, 0.2) is 0 Å². The molecular formula is C13H17F2N3O3S. The molecule has 0 saturated carbocycles. The molecule has 0 unspecified atom stereocenters. The molecule has 22 heavy (non-hydrogen) atoms. The number of benzene rings is 1. The summed E-state index contributed by atoms with van der Waals surface area (Å²) in [6.45, 7) is 1.42. The summed E-state index contributed by atoms with van der Waals surface area (Å²) in [4.78, 5) is 13.6. The van der Waals surface area contributed by atoms with E-state index in [2.05, 4.69) is 5.32 Å². The van der Waals surface area contributed by atoms with Crippen molar-refractivity contribution in [3.05, 3.63) is 29.8 Å². The zero-order chi connectivity index (χ0) is 16.3. The van der Waals surface area contributed by atoms with Crippen molar-refractivity contribution in [3.8, 4) is 0 Å². The summed E-state index contributed by atoms with van der Waals surface area (Å²) in [6.07, 6.45) is 1.14. The molecule has 1 aliphatic heterocycles. The first-order chi connectivity index (χ1) is 10.3. The van der Waals surface area contributed by atoms with Crippen LogP contribution < -0.4 is 5.32 Å². The fourth-order valence-corrected chi connectivity index (χ4v) is 3.03. The molecule has 0 aliphatic carbocycles. The Kier molecular flexibility index (Phi) is 5.09. The molecule has 1 saturated heterocycles. The number of anilines is 1. The van der Waals surface area contributed by atoms with Gasteiger partial charge in [-0.05, 0) is 12.1 Å². The SMILES string of the molecule is CS(=O)(=O)N1CCN(CC(=O)Nc2cc(F)ccc2F)CC1. The van der Waals surface area contributed by atoms with Gasteiger partial charge in [0, 0.05) is 32.2 Å². The van der Waals surface area contributed by atoms with Crippen molar-refractivity contribution in [1.82, 2.24) is 9.21 Å². The number of rotatable bonds is 4. The Bertz CT molecular complexity index is 658. The second-order valence-electron chi connectivity index (χ2n) is 5.11. The third-order valence-electron chi connectivity index (χ3n) is 3.37. The van der Waals surface area contributed by atoms with Crippen LogP contribution in [0.1, 0.15) is 0 Å². The predicted octanol–water partition coefficient (Wildman–Crippen LogP) is 0.480. The van der Waals surface area contributed by atoms with Gasteiger partial charge >= 0.3 is 0 Å². The molecule has 1 aromatic rings. The van der Waals surface area contributed by atoms with Crippen molar-refractivity contribution < 1.29 is 22.0 Å². The summed E-state index contributed by atoms with van der Waals surface area (Å²) >= 11 is 0. The zero-order valence-corrected chi connectivity index (χ0v) is 12.9. The van der Waals surface area contributed by atoms with Gasteiger partial charge in [-0.15, -0.1) is 0 Å². The average molecular weight is 333 g/mol. The fraction of sp³-hybridized carbons (Fsp3) is 0.462. The normalized spacial score (nSPS) is 17.4. The summed E-state index contributed by atoms with van der Waals surface area (Å²) in [5, 5.41) is 2.31. The van der Waals surface area contributed by atoms with E-state index in [1.807, 2.05) is 0 Å².